The van der Waals surface area contributed by atoms with Crippen LogP contribution in [0.2, 0.25) is 0 Å². The highest BCUT2D eigenvalue weighted by Gasteiger charge is 2.08. The number of aryl methyl sites for hydroxylation is 1. The monoisotopic (exact) mass is 249 g/mol. The standard InChI is InChI=1S/C13H12ClNO2/c1-9-5-11(8-17-9)13(16)15-12-4-2-3-10(6-12)7-14/h2-6,8H,7H2,1H3,(H,15,16). The highest BCUT2D eigenvalue weighted by Crippen LogP contribution is 2.14. The number of carbonyl (C=O) groups excluding carboxylic acids is 1. The molecule has 0 spiro atoms. The van der Waals surface area contributed by atoms with Crippen LogP contribution in [0, 0.1) is 6.92 Å². The Morgan fingerprint density at radius 1 is 1.41 bits per heavy atom. The van der Waals surface area contributed by atoms with Crippen LogP contribution in [0.5, 0.6) is 0 Å². The lowest BCUT2D eigenvalue weighted by Crippen LogP contribution is -2.10. The fourth-order valence-electron chi connectivity index (χ4n) is 1.50. The summed E-state index contributed by atoms with van der Waals surface area (Å²) in [5.41, 5.74) is 2.21. The second-order valence-electron chi connectivity index (χ2n) is 3.73. The molecule has 2 aromatic rings. The van der Waals surface area contributed by atoms with Gasteiger partial charge in [-0.2, -0.15) is 0 Å². The predicted molar refractivity (Wildman–Crippen MR) is 67.4 cm³/mol. The van der Waals surface area contributed by atoms with E-state index in [2.05, 4.69) is 5.32 Å². The van der Waals surface area contributed by atoms with E-state index in [0.29, 0.717) is 17.2 Å². The Balaban J connectivity index is 2.12. The number of benzene rings is 1. The van der Waals surface area contributed by atoms with Gasteiger partial charge in [0.05, 0.1) is 5.56 Å². The van der Waals surface area contributed by atoms with Crippen LogP contribution in [0.3, 0.4) is 0 Å². The lowest BCUT2D eigenvalue weighted by Gasteiger charge is -2.04. The topological polar surface area (TPSA) is 42.2 Å². The van der Waals surface area contributed by atoms with Gasteiger partial charge in [-0.15, -0.1) is 11.6 Å². The quantitative estimate of drug-likeness (QED) is 0.845. The molecule has 1 aromatic carbocycles. The molecule has 17 heavy (non-hydrogen) atoms. The Labute approximate surface area is 104 Å². The van der Waals surface area contributed by atoms with Gasteiger partial charge in [-0.25, -0.2) is 0 Å². The molecule has 0 bridgehead atoms. The molecular weight excluding hydrogens is 238 g/mol. The summed E-state index contributed by atoms with van der Waals surface area (Å²) in [5.74, 6) is 0.951. The van der Waals surface area contributed by atoms with E-state index in [9.17, 15) is 4.79 Å². The summed E-state index contributed by atoms with van der Waals surface area (Å²) in [4.78, 5) is 11.8. The van der Waals surface area contributed by atoms with E-state index in [-0.39, 0.29) is 5.91 Å². The maximum atomic E-state index is 11.8. The molecule has 1 heterocycles. The first-order chi connectivity index (χ1) is 8.19. The van der Waals surface area contributed by atoms with E-state index < -0.39 is 0 Å². The molecular formula is C13H12ClNO2. The normalized spacial score (nSPS) is 10.2. The maximum absolute atomic E-state index is 11.8. The molecule has 1 amide bonds. The van der Waals surface area contributed by atoms with Crippen LogP contribution in [0.25, 0.3) is 0 Å². The number of nitrogens with one attached hydrogen (secondary N) is 1. The van der Waals surface area contributed by atoms with Gasteiger partial charge < -0.3 is 9.73 Å². The summed E-state index contributed by atoms with van der Waals surface area (Å²) in [7, 11) is 0. The minimum absolute atomic E-state index is 0.187. The molecule has 3 nitrogen and oxygen atoms in total. The molecule has 0 fully saturated rings. The Kier molecular flexibility index (Phi) is 3.49. The smallest absolute Gasteiger partial charge is 0.258 e. The highest BCUT2D eigenvalue weighted by molar-refractivity contribution is 6.17. The van der Waals surface area contributed by atoms with Gasteiger partial charge in [0.1, 0.15) is 12.0 Å². The fraction of sp³-hybridized carbons (Fsp3) is 0.154. The lowest BCUT2D eigenvalue weighted by atomic mass is 10.2. The van der Waals surface area contributed by atoms with Gasteiger partial charge in [-0.1, -0.05) is 12.1 Å². The minimum atomic E-state index is -0.187. The number of amides is 1. The van der Waals surface area contributed by atoms with Gasteiger partial charge in [-0.05, 0) is 30.7 Å². The summed E-state index contributed by atoms with van der Waals surface area (Å²) < 4.78 is 5.09. The molecule has 0 aliphatic carbocycles. The van der Waals surface area contributed by atoms with Gasteiger partial charge in [-0.3, -0.25) is 4.79 Å². The van der Waals surface area contributed by atoms with Gasteiger partial charge in [0, 0.05) is 11.6 Å². The molecule has 4 heteroatoms. The molecule has 0 unspecified atom stereocenters. The molecule has 0 aliphatic rings. The Hall–Kier alpha value is -1.74. The van der Waals surface area contributed by atoms with E-state index in [0.717, 1.165) is 11.3 Å². The number of anilines is 1. The van der Waals surface area contributed by atoms with E-state index in [1.807, 2.05) is 24.3 Å². The van der Waals surface area contributed by atoms with Crippen molar-refractivity contribution in [2.45, 2.75) is 12.8 Å². The van der Waals surface area contributed by atoms with Crippen LogP contribution in [-0.4, -0.2) is 5.91 Å². The fourth-order valence-corrected chi connectivity index (χ4v) is 1.66. The van der Waals surface area contributed by atoms with Crippen molar-refractivity contribution in [1.29, 1.82) is 0 Å². The summed E-state index contributed by atoms with van der Waals surface area (Å²) >= 11 is 5.73. The average Bonchev–Trinajstić information content (AvgIpc) is 2.76. The molecule has 1 N–H and O–H groups in total. The molecule has 0 saturated carbocycles. The molecule has 0 saturated heterocycles. The van der Waals surface area contributed by atoms with Crippen molar-refractivity contribution in [2.75, 3.05) is 5.32 Å². The minimum Gasteiger partial charge on any atom is -0.469 e. The first kappa shape index (κ1) is 11.7. The Morgan fingerprint density at radius 2 is 2.24 bits per heavy atom. The highest BCUT2D eigenvalue weighted by atomic mass is 35.5. The first-order valence-electron chi connectivity index (χ1n) is 5.20. The Morgan fingerprint density at radius 3 is 2.88 bits per heavy atom. The van der Waals surface area contributed by atoms with Gasteiger partial charge >= 0.3 is 0 Å². The predicted octanol–water partition coefficient (Wildman–Crippen LogP) is 3.58. The van der Waals surface area contributed by atoms with Crippen molar-refractivity contribution < 1.29 is 9.21 Å². The van der Waals surface area contributed by atoms with E-state index in [1.54, 1.807) is 13.0 Å². The van der Waals surface area contributed by atoms with Gasteiger partial charge in [0.2, 0.25) is 0 Å². The molecule has 2 rings (SSSR count). The van der Waals surface area contributed by atoms with Gasteiger partial charge in [0.25, 0.3) is 5.91 Å². The summed E-state index contributed by atoms with van der Waals surface area (Å²) in [6.07, 6.45) is 1.44. The number of halogens is 1. The van der Waals surface area contributed by atoms with Crippen LogP contribution in [-0.2, 0) is 5.88 Å². The summed E-state index contributed by atoms with van der Waals surface area (Å²) in [6.45, 7) is 1.80. The zero-order valence-electron chi connectivity index (χ0n) is 9.37. The summed E-state index contributed by atoms with van der Waals surface area (Å²) in [6, 6.07) is 9.12. The first-order valence-corrected chi connectivity index (χ1v) is 5.74. The van der Waals surface area contributed by atoms with Gasteiger partial charge in [0.15, 0.2) is 0 Å². The van der Waals surface area contributed by atoms with E-state index in [1.165, 1.54) is 6.26 Å². The molecule has 88 valence electrons. The lowest BCUT2D eigenvalue weighted by molar-refractivity contribution is 0.102. The van der Waals surface area contributed by atoms with Crippen molar-refractivity contribution in [3.63, 3.8) is 0 Å². The SMILES string of the molecule is Cc1cc(C(=O)Nc2cccc(CCl)c2)co1. The third-order valence-corrected chi connectivity index (χ3v) is 2.64. The van der Waals surface area contributed by atoms with Crippen molar-refractivity contribution in [2.24, 2.45) is 0 Å². The molecule has 0 radical (unpaired) electrons. The second kappa shape index (κ2) is 5.06. The number of carbonyl (C=O) groups is 1. The van der Waals surface area contributed by atoms with Crippen molar-refractivity contribution in [1.82, 2.24) is 0 Å². The van der Waals surface area contributed by atoms with Crippen molar-refractivity contribution in [3.8, 4) is 0 Å². The zero-order valence-corrected chi connectivity index (χ0v) is 10.1. The number of furan rings is 1. The third kappa shape index (κ3) is 2.88. The van der Waals surface area contributed by atoms with Crippen LogP contribution in [0.1, 0.15) is 21.7 Å². The Bertz CT molecular complexity index is 534. The number of hydrogen-bond acceptors (Lipinski definition) is 2. The second-order valence-corrected chi connectivity index (χ2v) is 4.00. The van der Waals surface area contributed by atoms with E-state index >= 15 is 0 Å². The largest absolute Gasteiger partial charge is 0.469 e. The number of rotatable bonds is 3. The zero-order chi connectivity index (χ0) is 12.3. The third-order valence-electron chi connectivity index (χ3n) is 2.33. The summed E-state index contributed by atoms with van der Waals surface area (Å²) in [5, 5.41) is 2.79. The van der Waals surface area contributed by atoms with Crippen LogP contribution >= 0.6 is 11.6 Å². The van der Waals surface area contributed by atoms with E-state index in [4.69, 9.17) is 16.0 Å². The number of alkyl halides is 1. The van der Waals surface area contributed by atoms with Crippen LogP contribution in [0.15, 0.2) is 41.0 Å². The van der Waals surface area contributed by atoms with Crippen LogP contribution < -0.4 is 5.32 Å². The molecule has 0 atom stereocenters. The average molecular weight is 250 g/mol. The maximum Gasteiger partial charge on any atom is 0.258 e. The molecule has 1 aromatic heterocycles. The molecule has 0 aliphatic heterocycles. The number of hydrogen-bond donors (Lipinski definition) is 1. The van der Waals surface area contributed by atoms with Crippen LogP contribution in [0.4, 0.5) is 5.69 Å². The van der Waals surface area contributed by atoms with Crippen molar-refractivity contribution in [3.05, 3.63) is 53.5 Å². The van der Waals surface area contributed by atoms with Crippen molar-refractivity contribution >= 4 is 23.2 Å².